The molecule has 0 radical (unpaired) electrons. The van der Waals surface area contributed by atoms with Gasteiger partial charge in [0.05, 0.1) is 13.7 Å². The van der Waals surface area contributed by atoms with Gasteiger partial charge in [-0.3, -0.25) is 4.79 Å². The quantitative estimate of drug-likeness (QED) is 0.375. The van der Waals surface area contributed by atoms with Crippen molar-refractivity contribution >= 4 is 24.7 Å². The van der Waals surface area contributed by atoms with E-state index in [0.717, 1.165) is 5.57 Å². The van der Waals surface area contributed by atoms with Crippen molar-refractivity contribution in [1.29, 1.82) is 0 Å². The lowest BCUT2D eigenvalue weighted by atomic mass is 10.1. The molecule has 0 amide bonds. The van der Waals surface area contributed by atoms with E-state index >= 15 is 0 Å². The lowest BCUT2D eigenvalue weighted by Gasteiger charge is -2.42. The highest BCUT2D eigenvalue weighted by molar-refractivity contribution is 6.99. The Bertz CT molecular complexity index is 737. The molecule has 0 fully saturated rings. The van der Waals surface area contributed by atoms with Gasteiger partial charge in [0.15, 0.2) is 0 Å². The van der Waals surface area contributed by atoms with Crippen molar-refractivity contribution in [3.63, 3.8) is 0 Å². The van der Waals surface area contributed by atoms with Crippen molar-refractivity contribution in [1.82, 2.24) is 0 Å². The Labute approximate surface area is 170 Å². The molecule has 2 aromatic carbocycles. The summed E-state index contributed by atoms with van der Waals surface area (Å²) < 4.78 is 11.5. The maximum Gasteiger partial charge on any atom is 0.305 e. The van der Waals surface area contributed by atoms with E-state index in [0.29, 0.717) is 19.4 Å². The molecule has 0 saturated heterocycles. The summed E-state index contributed by atoms with van der Waals surface area (Å²) in [5, 5.41) is 2.51. The molecule has 28 heavy (non-hydrogen) atoms. The first kappa shape index (κ1) is 22.1. The number of carbonyl (C=O) groups is 1. The van der Waals surface area contributed by atoms with Crippen LogP contribution in [0.2, 0.25) is 5.04 Å². The largest absolute Gasteiger partial charge is 0.469 e. The molecular formula is C24H32O3Si. The number of methoxy groups -OCH3 is 1. The molecule has 0 aliphatic heterocycles. The highest BCUT2D eigenvalue weighted by Gasteiger charge is 2.49. The van der Waals surface area contributed by atoms with Crippen LogP contribution in [-0.4, -0.2) is 28.0 Å². The molecule has 0 atom stereocenters. The van der Waals surface area contributed by atoms with Gasteiger partial charge >= 0.3 is 5.97 Å². The van der Waals surface area contributed by atoms with Crippen LogP contribution in [0.5, 0.6) is 0 Å². The second-order valence-electron chi connectivity index (χ2n) is 8.10. The number of hydrogen-bond acceptors (Lipinski definition) is 3. The molecule has 0 aromatic heterocycles. The van der Waals surface area contributed by atoms with E-state index in [4.69, 9.17) is 9.16 Å². The van der Waals surface area contributed by atoms with Crippen LogP contribution in [0.25, 0.3) is 0 Å². The van der Waals surface area contributed by atoms with Crippen molar-refractivity contribution in [2.24, 2.45) is 0 Å². The zero-order valence-electron chi connectivity index (χ0n) is 17.7. The van der Waals surface area contributed by atoms with Gasteiger partial charge in [-0.1, -0.05) is 93.1 Å². The molecule has 0 unspecified atom stereocenters. The maximum atomic E-state index is 11.4. The zero-order valence-corrected chi connectivity index (χ0v) is 18.7. The number of benzene rings is 2. The number of allylic oxidation sites excluding steroid dienone is 1. The van der Waals surface area contributed by atoms with Crippen molar-refractivity contribution in [2.75, 3.05) is 13.7 Å². The smallest absolute Gasteiger partial charge is 0.305 e. The van der Waals surface area contributed by atoms with E-state index in [-0.39, 0.29) is 11.0 Å². The van der Waals surface area contributed by atoms with Gasteiger partial charge in [-0.25, -0.2) is 0 Å². The summed E-state index contributed by atoms with van der Waals surface area (Å²) in [5.41, 5.74) is 1.14. The van der Waals surface area contributed by atoms with Crippen LogP contribution in [0, 0.1) is 0 Å². The van der Waals surface area contributed by atoms with E-state index in [2.05, 4.69) is 75.4 Å². The number of hydrogen-bond donors (Lipinski definition) is 0. The third-order valence-corrected chi connectivity index (χ3v) is 10.1. The van der Waals surface area contributed by atoms with E-state index in [9.17, 15) is 4.79 Å². The summed E-state index contributed by atoms with van der Waals surface area (Å²) in [6.07, 6.45) is 3.19. The van der Waals surface area contributed by atoms with Gasteiger partial charge < -0.3 is 9.16 Å². The van der Waals surface area contributed by atoms with E-state index in [1.807, 2.05) is 19.1 Å². The summed E-state index contributed by atoms with van der Waals surface area (Å²) in [5.74, 6) is -0.180. The van der Waals surface area contributed by atoms with E-state index in [1.165, 1.54) is 17.5 Å². The average Bonchev–Trinajstić information content (AvgIpc) is 2.69. The second kappa shape index (κ2) is 9.85. The number of rotatable bonds is 8. The fourth-order valence-corrected chi connectivity index (χ4v) is 8.06. The minimum atomic E-state index is -2.50. The first-order valence-corrected chi connectivity index (χ1v) is 11.7. The molecule has 0 spiro atoms. The highest BCUT2D eigenvalue weighted by Crippen LogP contribution is 2.36. The van der Waals surface area contributed by atoms with Crippen LogP contribution in [0.3, 0.4) is 0 Å². The molecule has 0 saturated carbocycles. The van der Waals surface area contributed by atoms with E-state index in [1.54, 1.807) is 0 Å². The molecule has 150 valence electrons. The van der Waals surface area contributed by atoms with Gasteiger partial charge in [0.25, 0.3) is 8.32 Å². The van der Waals surface area contributed by atoms with Crippen LogP contribution in [0.4, 0.5) is 0 Å². The zero-order chi connectivity index (χ0) is 20.6. The lowest BCUT2D eigenvalue weighted by Crippen LogP contribution is -2.66. The topological polar surface area (TPSA) is 35.5 Å². The van der Waals surface area contributed by atoms with Crippen molar-refractivity contribution in [3.05, 3.63) is 72.3 Å². The molecule has 2 aromatic rings. The van der Waals surface area contributed by atoms with Crippen molar-refractivity contribution in [2.45, 2.75) is 45.6 Å². The number of ether oxygens (including phenoxy) is 1. The summed E-state index contributed by atoms with van der Waals surface area (Å²) >= 11 is 0. The molecule has 0 N–H and O–H groups in total. The highest BCUT2D eigenvalue weighted by atomic mass is 28.4. The third-order valence-electron chi connectivity index (χ3n) is 5.10. The molecule has 0 aliphatic rings. The minimum Gasteiger partial charge on any atom is -0.469 e. The lowest BCUT2D eigenvalue weighted by molar-refractivity contribution is -0.140. The Hall–Kier alpha value is -2.17. The molecular weight excluding hydrogens is 364 g/mol. The Morgan fingerprint density at radius 1 is 0.929 bits per heavy atom. The molecule has 0 bridgehead atoms. The maximum absolute atomic E-state index is 11.4. The Morgan fingerprint density at radius 3 is 1.86 bits per heavy atom. The predicted octanol–water partition coefficient (Wildman–Crippen LogP) is 4.46. The Balaban J connectivity index is 2.35. The molecule has 3 nitrogen and oxygen atoms in total. The number of esters is 1. The number of carbonyl (C=O) groups excluding carboxylic acids is 1. The summed E-state index contributed by atoms with van der Waals surface area (Å²) in [7, 11) is -1.08. The van der Waals surface area contributed by atoms with Crippen LogP contribution in [-0.2, 0) is 14.0 Å². The van der Waals surface area contributed by atoms with Gasteiger partial charge in [0.1, 0.15) is 0 Å². The SMILES string of the molecule is COC(=O)CC/C(C)=C/CO[Si](c1ccccc1)(c1ccccc1)C(C)(C)C. The first-order chi connectivity index (χ1) is 13.3. The Kier molecular flexibility index (Phi) is 7.78. The van der Waals surface area contributed by atoms with Crippen LogP contribution < -0.4 is 10.4 Å². The van der Waals surface area contributed by atoms with Gasteiger partial charge in [0, 0.05) is 6.42 Å². The van der Waals surface area contributed by atoms with Crippen molar-refractivity contribution in [3.8, 4) is 0 Å². The van der Waals surface area contributed by atoms with Gasteiger partial charge in [0.2, 0.25) is 0 Å². The first-order valence-electron chi connectivity index (χ1n) is 9.78. The molecule has 2 rings (SSSR count). The summed E-state index contributed by atoms with van der Waals surface area (Å²) in [6.45, 7) is 9.38. The molecule has 0 heterocycles. The van der Waals surface area contributed by atoms with E-state index < -0.39 is 8.32 Å². The fraction of sp³-hybridized carbons (Fsp3) is 0.375. The normalized spacial score (nSPS) is 12.7. The van der Waals surface area contributed by atoms with Gasteiger partial charge in [-0.05, 0) is 28.8 Å². The predicted molar refractivity (Wildman–Crippen MR) is 119 cm³/mol. The van der Waals surface area contributed by atoms with Crippen LogP contribution in [0.1, 0.15) is 40.5 Å². The van der Waals surface area contributed by atoms with Crippen LogP contribution in [0.15, 0.2) is 72.3 Å². The summed E-state index contributed by atoms with van der Waals surface area (Å²) in [6, 6.07) is 21.2. The fourth-order valence-electron chi connectivity index (χ4n) is 3.57. The van der Waals surface area contributed by atoms with Gasteiger partial charge in [-0.15, -0.1) is 0 Å². The third kappa shape index (κ3) is 5.21. The molecule has 4 heteroatoms. The average molecular weight is 397 g/mol. The monoisotopic (exact) mass is 396 g/mol. The van der Waals surface area contributed by atoms with Crippen molar-refractivity contribution < 1.29 is 14.0 Å². The van der Waals surface area contributed by atoms with Crippen LogP contribution >= 0.6 is 0 Å². The second-order valence-corrected chi connectivity index (χ2v) is 12.4. The summed E-state index contributed by atoms with van der Waals surface area (Å²) in [4.78, 5) is 11.4. The molecule has 0 aliphatic carbocycles. The van der Waals surface area contributed by atoms with Gasteiger partial charge in [-0.2, -0.15) is 0 Å². The minimum absolute atomic E-state index is 0.0382. The Morgan fingerprint density at radius 2 is 1.43 bits per heavy atom. The standard InChI is InChI=1S/C24H32O3Si/c1-20(16-17-23(25)26-5)18-19-27-28(24(2,3)4,21-12-8-6-9-13-21)22-14-10-7-11-15-22/h6-15,18H,16-17,19H2,1-5H3/b20-18+.